The Bertz CT molecular complexity index is 389. The molecule has 0 aliphatic heterocycles. The highest BCUT2D eigenvalue weighted by atomic mass is 14.9. The van der Waals surface area contributed by atoms with Gasteiger partial charge in [-0.2, -0.15) is 0 Å². The van der Waals surface area contributed by atoms with E-state index in [4.69, 9.17) is 0 Å². The minimum absolute atomic E-state index is 0.539. The van der Waals surface area contributed by atoms with Crippen molar-refractivity contribution in [3.63, 3.8) is 0 Å². The SMILES string of the molecule is CNC(c1cccc(C)c1C)C1CCC(C)CC1. The summed E-state index contributed by atoms with van der Waals surface area (Å²) in [4.78, 5) is 0. The summed E-state index contributed by atoms with van der Waals surface area (Å²) >= 11 is 0. The number of benzene rings is 1. The van der Waals surface area contributed by atoms with Crippen LogP contribution in [0, 0.1) is 25.7 Å². The standard InChI is InChI=1S/C17H27N/c1-12-8-10-15(11-9-12)17(18-4)16-7-5-6-13(2)14(16)3/h5-7,12,15,17-18H,8-11H2,1-4H3. The molecule has 0 saturated heterocycles. The van der Waals surface area contributed by atoms with Gasteiger partial charge in [0, 0.05) is 6.04 Å². The van der Waals surface area contributed by atoms with Gasteiger partial charge in [-0.3, -0.25) is 0 Å². The van der Waals surface area contributed by atoms with Crippen molar-refractivity contribution < 1.29 is 0 Å². The number of hydrogen-bond acceptors (Lipinski definition) is 1. The lowest BCUT2D eigenvalue weighted by atomic mass is 9.76. The third-order valence-electron chi connectivity index (χ3n) is 4.82. The molecular formula is C17H27N. The Morgan fingerprint density at radius 3 is 2.39 bits per heavy atom. The summed E-state index contributed by atoms with van der Waals surface area (Å²) in [7, 11) is 2.12. The van der Waals surface area contributed by atoms with Crippen molar-refractivity contribution in [3.8, 4) is 0 Å². The van der Waals surface area contributed by atoms with Gasteiger partial charge in [-0.1, -0.05) is 38.0 Å². The number of rotatable bonds is 3. The Morgan fingerprint density at radius 2 is 1.78 bits per heavy atom. The highest BCUT2D eigenvalue weighted by Gasteiger charge is 2.27. The van der Waals surface area contributed by atoms with Crippen LogP contribution in [0.3, 0.4) is 0 Å². The van der Waals surface area contributed by atoms with E-state index in [2.05, 4.69) is 51.3 Å². The fourth-order valence-corrected chi connectivity index (χ4v) is 3.38. The second-order valence-electron chi connectivity index (χ2n) is 6.08. The average molecular weight is 245 g/mol. The van der Waals surface area contributed by atoms with Crippen LogP contribution < -0.4 is 5.32 Å². The molecule has 1 aliphatic rings. The summed E-state index contributed by atoms with van der Waals surface area (Å²) in [6, 6.07) is 7.26. The van der Waals surface area contributed by atoms with Crippen LogP contribution in [0.25, 0.3) is 0 Å². The molecule has 0 radical (unpaired) electrons. The molecule has 1 saturated carbocycles. The topological polar surface area (TPSA) is 12.0 Å². The molecule has 1 fully saturated rings. The van der Waals surface area contributed by atoms with Gasteiger partial charge in [0.25, 0.3) is 0 Å². The maximum absolute atomic E-state index is 3.57. The zero-order valence-electron chi connectivity index (χ0n) is 12.3. The van der Waals surface area contributed by atoms with Crippen molar-refractivity contribution in [1.82, 2.24) is 5.32 Å². The van der Waals surface area contributed by atoms with E-state index in [1.807, 2.05) is 0 Å². The van der Waals surface area contributed by atoms with Gasteiger partial charge >= 0.3 is 0 Å². The predicted octanol–water partition coefficient (Wildman–Crippen LogP) is 4.39. The summed E-state index contributed by atoms with van der Waals surface area (Å²) in [6.45, 7) is 6.87. The maximum Gasteiger partial charge on any atom is 0.0348 e. The van der Waals surface area contributed by atoms with Gasteiger partial charge in [-0.05, 0) is 62.3 Å². The van der Waals surface area contributed by atoms with E-state index in [0.29, 0.717) is 6.04 Å². The van der Waals surface area contributed by atoms with Crippen molar-refractivity contribution in [1.29, 1.82) is 0 Å². The van der Waals surface area contributed by atoms with Crippen LogP contribution in [0.1, 0.15) is 55.3 Å². The van der Waals surface area contributed by atoms with Crippen molar-refractivity contribution in [3.05, 3.63) is 34.9 Å². The zero-order valence-corrected chi connectivity index (χ0v) is 12.3. The zero-order chi connectivity index (χ0) is 13.1. The van der Waals surface area contributed by atoms with Crippen LogP contribution in [0.4, 0.5) is 0 Å². The highest BCUT2D eigenvalue weighted by Crippen LogP contribution is 2.37. The summed E-state index contributed by atoms with van der Waals surface area (Å²) in [6.07, 6.45) is 5.54. The van der Waals surface area contributed by atoms with Gasteiger partial charge in [0.1, 0.15) is 0 Å². The Morgan fingerprint density at radius 1 is 1.11 bits per heavy atom. The predicted molar refractivity (Wildman–Crippen MR) is 78.8 cm³/mol. The van der Waals surface area contributed by atoms with Crippen molar-refractivity contribution in [2.45, 2.75) is 52.5 Å². The summed E-state index contributed by atoms with van der Waals surface area (Å²) in [5.41, 5.74) is 4.39. The smallest absolute Gasteiger partial charge is 0.0348 e. The van der Waals surface area contributed by atoms with Crippen LogP contribution in [-0.4, -0.2) is 7.05 Å². The first-order valence-electron chi connectivity index (χ1n) is 7.37. The lowest BCUT2D eigenvalue weighted by Crippen LogP contribution is -2.29. The molecule has 0 aromatic heterocycles. The normalized spacial score (nSPS) is 26.0. The van der Waals surface area contributed by atoms with Crippen LogP contribution in [0.5, 0.6) is 0 Å². The van der Waals surface area contributed by atoms with Gasteiger partial charge in [-0.15, -0.1) is 0 Å². The molecule has 1 heteroatoms. The Kier molecular flexibility index (Phi) is 4.45. The Hall–Kier alpha value is -0.820. The molecular weight excluding hydrogens is 218 g/mol. The maximum atomic E-state index is 3.57. The van der Waals surface area contributed by atoms with Crippen LogP contribution in [0.2, 0.25) is 0 Å². The largest absolute Gasteiger partial charge is 0.313 e. The van der Waals surface area contributed by atoms with Gasteiger partial charge in [0.2, 0.25) is 0 Å². The van der Waals surface area contributed by atoms with E-state index in [1.54, 1.807) is 0 Å². The molecule has 1 aromatic rings. The molecule has 1 unspecified atom stereocenters. The van der Waals surface area contributed by atoms with E-state index in [9.17, 15) is 0 Å². The van der Waals surface area contributed by atoms with Crippen molar-refractivity contribution in [2.24, 2.45) is 11.8 Å². The Labute approximate surface area is 112 Å². The second kappa shape index (κ2) is 5.88. The monoisotopic (exact) mass is 245 g/mol. The third-order valence-corrected chi connectivity index (χ3v) is 4.82. The molecule has 0 bridgehead atoms. The number of aryl methyl sites for hydroxylation is 1. The van der Waals surface area contributed by atoms with Crippen LogP contribution in [-0.2, 0) is 0 Å². The van der Waals surface area contributed by atoms with E-state index in [0.717, 1.165) is 11.8 Å². The fraction of sp³-hybridized carbons (Fsp3) is 0.647. The molecule has 2 rings (SSSR count). The van der Waals surface area contributed by atoms with E-state index in [-0.39, 0.29) is 0 Å². The first-order valence-corrected chi connectivity index (χ1v) is 7.37. The molecule has 1 aromatic carbocycles. The minimum atomic E-state index is 0.539. The third kappa shape index (κ3) is 2.77. The summed E-state index contributed by atoms with van der Waals surface area (Å²) in [5.74, 6) is 1.74. The minimum Gasteiger partial charge on any atom is -0.313 e. The number of hydrogen-bond donors (Lipinski definition) is 1. The van der Waals surface area contributed by atoms with Crippen LogP contribution in [0.15, 0.2) is 18.2 Å². The molecule has 0 amide bonds. The van der Waals surface area contributed by atoms with Crippen LogP contribution >= 0.6 is 0 Å². The molecule has 100 valence electrons. The van der Waals surface area contributed by atoms with Gasteiger partial charge in [-0.25, -0.2) is 0 Å². The molecule has 0 heterocycles. The summed E-state index contributed by atoms with van der Waals surface area (Å²) < 4.78 is 0. The first kappa shape index (κ1) is 13.6. The Balaban J connectivity index is 2.20. The molecule has 1 aliphatic carbocycles. The van der Waals surface area contributed by atoms with E-state index in [1.165, 1.54) is 42.4 Å². The lowest BCUT2D eigenvalue weighted by Gasteiger charge is -2.34. The fourth-order valence-electron chi connectivity index (χ4n) is 3.38. The average Bonchev–Trinajstić information content (AvgIpc) is 2.37. The van der Waals surface area contributed by atoms with Gasteiger partial charge in [0.05, 0.1) is 0 Å². The van der Waals surface area contributed by atoms with Crippen molar-refractivity contribution in [2.75, 3.05) is 7.05 Å². The first-order chi connectivity index (χ1) is 8.63. The quantitative estimate of drug-likeness (QED) is 0.832. The molecule has 1 nitrogen and oxygen atoms in total. The second-order valence-corrected chi connectivity index (χ2v) is 6.08. The van der Waals surface area contributed by atoms with Crippen molar-refractivity contribution >= 4 is 0 Å². The molecule has 1 atom stereocenters. The lowest BCUT2D eigenvalue weighted by molar-refractivity contribution is 0.237. The molecule has 18 heavy (non-hydrogen) atoms. The van der Waals surface area contributed by atoms with E-state index < -0.39 is 0 Å². The summed E-state index contributed by atoms with van der Waals surface area (Å²) in [5, 5.41) is 3.57. The van der Waals surface area contributed by atoms with Gasteiger partial charge < -0.3 is 5.32 Å². The number of nitrogens with one attached hydrogen (secondary N) is 1. The van der Waals surface area contributed by atoms with E-state index >= 15 is 0 Å². The molecule has 1 N–H and O–H groups in total. The molecule has 0 spiro atoms. The van der Waals surface area contributed by atoms with Gasteiger partial charge in [0.15, 0.2) is 0 Å². The highest BCUT2D eigenvalue weighted by molar-refractivity contribution is 5.35.